The van der Waals surface area contributed by atoms with Crippen molar-refractivity contribution in [2.45, 2.75) is 39.8 Å². The average molecular weight is 129 g/mol. The lowest BCUT2D eigenvalue weighted by Crippen LogP contribution is -2.26. The van der Waals surface area contributed by atoms with E-state index in [0.717, 1.165) is 0 Å². The number of hydrogen-bond donors (Lipinski definition) is 1. The standard InChI is InChI=1S/C8H17N/c1-5-6(2)8(4)9-7(5)3/h5-9H,1-4H3/t5-,6+,7-,8+/i/hT. The summed E-state index contributed by atoms with van der Waals surface area (Å²) in [6.45, 7) is 8.75. The second kappa shape index (κ2) is 2.30. The summed E-state index contributed by atoms with van der Waals surface area (Å²) in [6, 6.07) is 0.870. The fraction of sp³-hybridized carbons (Fsp3) is 1.00. The molecule has 0 unspecified atom stereocenters. The van der Waals surface area contributed by atoms with E-state index in [9.17, 15) is 0 Å². The van der Waals surface area contributed by atoms with Gasteiger partial charge in [-0.3, -0.25) is 0 Å². The monoisotopic (exact) mass is 129 g/mol. The second-order valence-electron chi connectivity index (χ2n) is 3.35. The van der Waals surface area contributed by atoms with Gasteiger partial charge in [0.15, 0.2) is 0 Å². The van der Waals surface area contributed by atoms with Gasteiger partial charge in [0.25, 0.3) is 0 Å². The van der Waals surface area contributed by atoms with Crippen molar-refractivity contribution >= 4 is 0 Å². The van der Waals surface area contributed by atoms with E-state index in [1.54, 1.807) is 5.31 Å². The minimum Gasteiger partial charge on any atom is -0.311 e. The van der Waals surface area contributed by atoms with Gasteiger partial charge < -0.3 is 5.31 Å². The Balaban J connectivity index is 2.68. The van der Waals surface area contributed by atoms with Crippen LogP contribution in [0, 0.1) is 11.8 Å². The van der Waals surface area contributed by atoms with Crippen molar-refractivity contribution in [2.75, 3.05) is 0 Å². The van der Waals surface area contributed by atoms with Crippen molar-refractivity contribution in [3.8, 4) is 0 Å². The first-order valence-electron chi connectivity index (χ1n) is 4.27. The Kier molecular flexibility index (Phi) is 1.46. The molecule has 1 aliphatic heterocycles. The summed E-state index contributed by atoms with van der Waals surface area (Å²) in [5.74, 6) is 1.35. The molecule has 0 aromatic carbocycles. The summed E-state index contributed by atoms with van der Waals surface area (Å²) in [5, 5.41) is 1.73. The Morgan fingerprint density at radius 2 is 1.33 bits per heavy atom. The smallest absolute Gasteiger partial charge is 0.123 e. The topological polar surface area (TPSA) is 12.0 Å². The molecule has 1 heteroatoms. The molecule has 1 aliphatic rings. The Morgan fingerprint density at radius 1 is 1.00 bits per heavy atom. The van der Waals surface area contributed by atoms with Crippen molar-refractivity contribution in [1.29, 1.82) is 0 Å². The third-order valence-electron chi connectivity index (χ3n) is 2.82. The van der Waals surface area contributed by atoms with E-state index in [0.29, 0.717) is 23.9 Å². The molecule has 0 bridgehead atoms. The van der Waals surface area contributed by atoms with Gasteiger partial charge in [0.2, 0.25) is 0 Å². The minimum absolute atomic E-state index is 0.435. The highest BCUT2D eigenvalue weighted by atomic mass is 15.0. The lowest BCUT2D eigenvalue weighted by Gasteiger charge is -2.12. The summed E-state index contributed by atoms with van der Waals surface area (Å²) in [4.78, 5) is 0. The lowest BCUT2D eigenvalue weighted by molar-refractivity contribution is 0.413. The van der Waals surface area contributed by atoms with Crippen LogP contribution in [-0.4, -0.2) is 12.1 Å². The Hall–Kier alpha value is -0.0400. The molecule has 9 heavy (non-hydrogen) atoms. The van der Waals surface area contributed by atoms with Crippen LogP contribution in [0.2, 0.25) is 1.41 Å². The van der Waals surface area contributed by atoms with E-state index in [2.05, 4.69) is 27.7 Å². The van der Waals surface area contributed by atoms with Gasteiger partial charge in [-0.05, 0) is 25.7 Å². The van der Waals surface area contributed by atoms with Gasteiger partial charge in [0.05, 0.1) is 0 Å². The molecular formula is C8H17N. The maximum absolute atomic E-state index is 7.64. The van der Waals surface area contributed by atoms with Crippen molar-refractivity contribution < 1.29 is 1.41 Å². The highest BCUT2D eigenvalue weighted by Crippen LogP contribution is 2.25. The molecule has 0 saturated carbocycles. The fourth-order valence-corrected chi connectivity index (χ4v) is 1.52. The molecule has 0 amide bonds. The highest BCUT2D eigenvalue weighted by Gasteiger charge is 2.31. The molecule has 0 spiro atoms. The lowest BCUT2D eigenvalue weighted by atomic mass is 9.92. The van der Waals surface area contributed by atoms with Crippen LogP contribution in [0.1, 0.15) is 27.7 Å². The van der Waals surface area contributed by atoms with Gasteiger partial charge in [0.1, 0.15) is 1.41 Å². The molecule has 1 fully saturated rings. The van der Waals surface area contributed by atoms with Crippen LogP contribution in [0.5, 0.6) is 0 Å². The Morgan fingerprint density at radius 3 is 1.44 bits per heavy atom. The number of hydrogen-bond acceptors (Lipinski definition) is 1. The summed E-state index contributed by atoms with van der Waals surface area (Å²) < 4.78 is 7.64. The highest BCUT2D eigenvalue weighted by molar-refractivity contribution is 4.88. The van der Waals surface area contributed by atoms with Gasteiger partial charge in [-0.2, -0.15) is 0 Å². The van der Waals surface area contributed by atoms with Crippen LogP contribution in [-0.2, 0) is 0 Å². The first-order valence-corrected chi connectivity index (χ1v) is 3.83. The van der Waals surface area contributed by atoms with Crippen LogP contribution in [0.25, 0.3) is 0 Å². The summed E-state index contributed by atoms with van der Waals surface area (Å²) in [6.07, 6.45) is 0. The molecule has 1 rings (SSSR count). The number of rotatable bonds is 0. The van der Waals surface area contributed by atoms with Gasteiger partial charge in [0, 0.05) is 12.1 Å². The first kappa shape index (κ1) is 5.72. The van der Waals surface area contributed by atoms with Crippen LogP contribution in [0.15, 0.2) is 0 Å². The van der Waals surface area contributed by atoms with Gasteiger partial charge in [-0.15, -0.1) is 0 Å². The quantitative estimate of drug-likeness (QED) is 0.524. The SMILES string of the molecule is [3H]N1[C@H](C)[C@H](C)[C@H](C)[C@@H]1C. The molecule has 0 aromatic heterocycles. The zero-order chi connectivity index (χ0) is 7.89. The molecule has 0 radical (unpaired) electrons. The van der Waals surface area contributed by atoms with Crippen molar-refractivity contribution in [3.63, 3.8) is 0 Å². The summed E-state index contributed by atoms with van der Waals surface area (Å²) >= 11 is 0. The predicted octanol–water partition coefficient (Wildman–Crippen LogP) is 1.64. The number of nitrogens with one attached hydrogen (secondary N) is 1. The van der Waals surface area contributed by atoms with E-state index in [1.165, 1.54) is 0 Å². The van der Waals surface area contributed by atoms with Gasteiger partial charge >= 0.3 is 0 Å². The summed E-state index contributed by atoms with van der Waals surface area (Å²) in [5.41, 5.74) is 0. The van der Waals surface area contributed by atoms with Gasteiger partial charge in [-0.1, -0.05) is 13.8 Å². The molecule has 1 heterocycles. The van der Waals surface area contributed by atoms with Crippen LogP contribution >= 0.6 is 0 Å². The third-order valence-corrected chi connectivity index (χ3v) is 2.82. The van der Waals surface area contributed by atoms with Crippen LogP contribution < -0.4 is 5.31 Å². The normalized spacial score (nSPS) is 55.8. The van der Waals surface area contributed by atoms with Crippen LogP contribution in [0.3, 0.4) is 0 Å². The fourth-order valence-electron chi connectivity index (χ4n) is 1.52. The van der Waals surface area contributed by atoms with Gasteiger partial charge in [-0.25, -0.2) is 0 Å². The van der Waals surface area contributed by atoms with E-state index >= 15 is 0 Å². The van der Waals surface area contributed by atoms with E-state index in [1.807, 2.05) is 0 Å². The molecular weight excluding hydrogens is 110 g/mol. The predicted molar refractivity (Wildman–Crippen MR) is 40.4 cm³/mol. The van der Waals surface area contributed by atoms with E-state index in [4.69, 9.17) is 1.41 Å². The van der Waals surface area contributed by atoms with Crippen molar-refractivity contribution in [2.24, 2.45) is 11.8 Å². The van der Waals surface area contributed by atoms with E-state index in [-0.39, 0.29) is 0 Å². The third kappa shape index (κ3) is 1.11. The molecule has 1 N–H and O–H groups in total. The molecule has 1 nitrogen and oxygen atoms in total. The molecule has 0 aliphatic carbocycles. The average Bonchev–Trinajstić information content (AvgIpc) is 2.07. The molecule has 1 saturated heterocycles. The molecule has 4 atom stereocenters. The van der Waals surface area contributed by atoms with Crippen molar-refractivity contribution in [3.05, 3.63) is 0 Å². The van der Waals surface area contributed by atoms with Crippen molar-refractivity contribution in [1.82, 2.24) is 5.31 Å². The largest absolute Gasteiger partial charge is 0.311 e. The zero-order valence-corrected chi connectivity index (χ0v) is 6.76. The minimum atomic E-state index is 0.435. The Labute approximate surface area is 59.3 Å². The zero-order valence-electron chi connectivity index (χ0n) is 7.76. The second-order valence-corrected chi connectivity index (χ2v) is 3.35. The maximum atomic E-state index is 7.64. The summed E-state index contributed by atoms with van der Waals surface area (Å²) in [7, 11) is 0. The molecule has 0 aromatic rings. The van der Waals surface area contributed by atoms with Crippen LogP contribution in [0.4, 0.5) is 0 Å². The molecule has 54 valence electrons. The first-order chi connectivity index (χ1) is 4.55. The van der Waals surface area contributed by atoms with E-state index < -0.39 is 0 Å². The maximum Gasteiger partial charge on any atom is 0.123 e. The Bertz CT molecular complexity index is 81.6.